The van der Waals surface area contributed by atoms with Crippen LogP contribution in [0.4, 0.5) is 14.6 Å². The van der Waals surface area contributed by atoms with Crippen molar-refractivity contribution in [1.29, 1.82) is 0 Å². The minimum atomic E-state index is -3.14. The van der Waals surface area contributed by atoms with Crippen molar-refractivity contribution in [1.82, 2.24) is 9.55 Å². The summed E-state index contributed by atoms with van der Waals surface area (Å²) in [4.78, 5) is 26.9. The maximum atomic E-state index is 14.5. The zero-order valence-electron chi connectivity index (χ0n) is 12.8. The number of nitrogens with zero attached hydrogens (tertiary/aromatic N) is 1. The quantitative estimate of drug-likeness (QED) is 0.893. The van der Waals surface area contributed by atoms with Crippen LogP contribution in [0.5, 0.6) is 0 Å². The maximum absolute atomic E-state index is 14.5. The highest BCUT2D eigenvalue weighted by Gasteiger charge is 2.46. The zero-order valence-corrected chi connectivity index (χ0v) is 12.8. The molecule has 1 aromatic carbocycles. The summed E-state index contributed by atoms with van der Waals surface area (Å²) < 4.78 is 30.0. The second-order valence-corrected chi connectivity index (χ2v) is 5.98. The Morgan fingerprint density at radius 3 is 2.48 bits per heavy atom. The Hall–Kier alpha value is -2.44. The van der Waals surface area contributed by atoms with Gasteiger partial charge in [0.15, 0.2) is 0 Å². The van der Waals surface area contributed by atoms with Crippen molar-refractivity contribution >= 4 is 5.82 Å². The molecular weight excluding hydrogens is 304 g/mol. The summed E-state index contributed by atoms with van der Waals surface area (Å²) in [7, 11) is 0. The van der Waals surface area contributed by atoms with Gasteiger partial charge in [-0.15, -0.1) is 0 Å². The van der Waals surface area contributed by atoms with Crippen molar-refractivity contribution in [2.45, 2.75) is 38.3 Å². The van der Waals surface area contributed by atoms with Crippen molar-refractivity contribution in [2.75, 3.05) is 5.32 Å². The van der Waals surface area contributed by atoms with Crippen molar-refractivity contribution in [3.8, 4) is 0 Å². The lowest BCUT2D eigenvalue weighted by Gasteiger charge is -2.34. The Kier molecular flexibility index (Phi) is 3.58. The Balaban J connectivity index is 2.14. The van der Waals surface area contributed by atoms with E-state index in [2.05, 4.69) is 10.3 Å². The molecule has 23 heavy (non-hydrogen) atoms. The Morgan fingerprint density at radius 2 is 1.87 bits per heavy atom. The van der Waals surface area contributed by atoms with Gasteiger partial charge in [-0.2, -0.15) is 0 Å². The number of aromatic nitrogens is 2. The van der Waals surface area contributed by atoms with Gasteiger partial charge < -0.3 is 5.32 Å². The number of rotatable bonds is 2. The third-order valence-electron chi connectivity index (χ3n) is 4.00. The number of fused-ring (bicyclic) bond motifs is 1. The number of hydrogen-bond acceptors (Lipinski definition) is 3. The molecule has 5 nitrogen and oxygen atoms in total. The normalized spacial score (nSPS) is 19.3. The molecule has 0 amide bonds. The van der Waals surface area contributed by atoms with E-state index >= 15 is 0 Å². The number of nitrogens with one attached hydrogen (secondary N) is 2. The predicted octanol–water partition coefficient (Wildman–Crippen LogP) is 2.46. The average molecular weight is 321 g/mol. The molecule has 7 heteroatoms. The summed E-state index contributed by atoms with van der Waals surface area (Å²) in [5.41, 5.74) is -0.960. The van der Waals surface area contributed by atoms with Crippen molar-refractivity contribution < 1.29 is 8.78 Å². The lowest BCUT2D eigenvalue weighted by Crippen LogP contribution is -2.46. The number of hydrogen-bond donors (Lipinski definition) is 2. The molecule has 0 aliphatic carbocycles. The summed E-state index contributed by atoms with van der Waals surface area (Å²) in [6, 6.07) is 6.55. The molecule has 0 radical (unpaired) electrons. The zero-order chi connectivity index (χ0) is 16.8. The van der Waals surface area contributed by atoms with Crippen LogP contribution in [0.3, 0.4) is 0 Å². The number of benzene rings is 1. The highest BCUT2D eigenvalue weighted by molar-refractivity contribution is 5.50. The second kappa shape index (κ2) is 5.33. The van der Waals surface area contributed by atoms with Gasteiger partial charge >= 0.3 is 5.69 Å². The molecule has 0 unspecified atom stereocenters. The van der Waals surface area contributed by atoms with Crippen LogP contribution >= 0.6 is 0 Å². The van der Waals surface area contributed by atoms with Gasteiger partial charge in [-0.05, 0) is 19.4 Å². The topological polar surface area (TPSA) is 66.9 Å². The molecule has 1 aromatic heterocycles. The van der Waals surface area contributed by atoms with Crippen LogP contribution < -0.4 is 16.6 Å². The van der Waals surface area contributed by atoms with Crippen LogP contribution in [0.2, 0.25) is 0 Å². The first-order valence-corrected chi connectivity index (χ1v) is 7.38. The Labute approximate surface area is 131 Å². The minimum Gasteiger partial charge on any atom is -0.359 e. The van der Waals surface area contributed by atoms with E-state index in [0.717, 1.165) is 4.57 Å². The fourth-order valence-electron chi connectivity index (χ4n) is 2.90. The highest BCUT2D eigenvalue weighted by Crippen LogP contribution is 2.40. The van der Waals surface area contributed by atoms with Gasteiger partial charge in [-0.25, -0.2) is 13.6 Å². The van der Waals surface area contributed by atoms with E-state index in [0.29, 0.717) is 5.56 Å². The summed E-state index contributed by atoms with van der Waals surface area (Å²) in [5, 5.41) is 2.63. The predicted molar refractivity (Wildman–Crippen MR) is 83.2 cm³/mol. The van der Waals surface area contributed by atoms with Crippen molar-refractivity contribution in [3.63, 3.8) is 0 Å². The third kappa shape index (κ3) is 2.56. The summed E-state index contributed by atoms with van der Waals surface area (Å²) in [6.07, 6.45) is -0.711. The van der Waals surface area contributed by atoms with Gasteiger partial charge in [0.2, 0.25) is 0 Å². The second-order valence-electron chi connectivity index (χ2n) is 5.98. The smallest absolute Gasteiger partial charge is 0.330 e. The first-order chi connectivity index (χ1) is 10.8. The van der Waals surface area contributed by atoms with Crippen LogP contribution in [0.15, 0.2) is 39.9 Å². The molecule has 122 valence electrons. The van der Waals surface area contributed by atoms with E-state index in [1.165, 1.54) is 0 Å². The largest absolute Gasteiger partial charge is 0.359 e. The first-order valence-electron chi connectivity index (χ1n) is 7.38. The molecule has 1 atom stereocenters. The van der Waals surface area contributed by atoms with Gasteiger partial charge in [0.1, 0.15) is 11.9 Å². The molecule has 0 saturated heterocycles. The molecule has 0 bridgehead atoms. The standard InChI is InChI=1S/C16H17F2N3O2/c1-9(2)21-14(22)11-8-16(17,18)12(10-6-4-3-5-7-10)19-13(11)20-15(21)23/h3-7,9,12,19H,8H2,1-2H3,(H,20,23)/t12-/m0/s1. The van der Waals surface area contributed by atoms with Crippen LogP contribution in [0, 0.1) is 0 Å². The number of halogens is 2. The van der Waals surface area contributed by atoms with Crippen LogP contribution in [-0.4, -0.2) is 15.5 Å². The number of alkyl halides is 2. The molecule has 1 aliphatic rings. The van der Waals surface area contributed by atoms with Gasteiger partial charge in [-0.1, -0.05) is 30.3 Å². The molecule has 0 fully saturated rings. The average Bonchev–Trinajstić information content (AvgIpc) is 2.48. The molecule has 0 saturated carbocycles. The SMILES string of the molecule is CC(C)n1c(=O)[nH]c2c(c1=O)CC(F)(F)[C@H](c1ccccc1)N2. The minimum absolute atomic E-state index is 0.0803. The fourth-order valence-corrected chi connectivity index (χ4v) is 2.90. The number of aromatic amines is 1. The first kappa shape index (κ1) is 15.5. The van der Waals surface area contributed by atoms with Crippen molar-refractivity contribution in [3.05, 3.63) is 62.3 Å². The number of anilines is 1. The van der Waals surface area contributed by atoms with Crippen LogP contribution in [0.25, 0.3) is 0 Å². The Bertz CT molecular complexity index is 841. The summed E-state index contributed by atoms with van der Waals surface area (Å²) in [6.45, 7) is 3.31. The molecule has 2 aromatic rings. The molecule has 0 spiro atoms. The van der Waals surface area contributed by atoms with E-state index in [1.54, 1.807) is 44.2 Å². The summed E-state index contributed by atoms with van der Waals surface area (Å²) >= 11 is 0. The van der Waals surface area contributed by atoms with E-state index in [-0.39, 0.29) is 11.4 Å². The van der Waals surface area contributed by atoms with Gasteiger partial charge in [0.05, 0.1) is 5.56 Å². The molecular formula is C16H17F2N3O2. The third-order valence-corrected chi connectivity index (χ3v) is 4.00. The maximum Gasteiger partial charge on any atom is 0.330 e. The Morgan fingerprint density at radius 1 is 1.22 bits per heavy atom. The van der Waals surface area contributed by atoms with E-state index < -0.39 is 35.7 Å². The number of H-pyrrole nitrogens is 1. The molecule has 1 aliphatic heterocycles. The lowest BCUT2D eigenvalue weighted by atomic mass is 9.92. The molecule has 2 N–H and O–H groups in total. The monoisotopic (exact) mass is 321 g/mol. The van der Waals surface area contributed by atoms with E-state index in [1.807, 2.05) is 0 Å². The molecule has 2 heterocycles. The van der Waals surface area contributed by atoms with Gasteiger partial charge in [-0.3, -0.25) is 14.3 Å². The summed E-state index contributed by atoms with van der Waals surface area (Å²) in [5.74, 6) is -3.06. The molecule has 3 rings (SSSR count). The van der Waals surface area contributed by atoms with E-state index in [4.69, 9.17) is 0 Å². The van der Waals surface area contributed by atoms with Crippen LogP contribution in [0.1, 0.15) is 37.1 Å². The van der Waals surface area contributed by atoms with E-state index in [9.17, 15) is 18.4 Å². The highest BCUT2D eigenvalue weighted by atomic mass is 19.3. The van der Waals surface area contributed by atoms with Gasteiger partial charge in [0, 0.05) is 12.5 Å². The van der Waals surface area contributed by atoms with Gasteiger partial charge in [0.25, 0.3) is 11.5 Å². The van der Waals surface area contributed by atoms with Crippen LogP contribution in [-0.2, 0) is 6.42 Å². The lowest BCUT2D eigenvalue weighted by molar-refractivity contribution is -0.0234. The fraction of sp³-hybridized carbons (Fsp3) is 0.375. The van der Waals surface area contributed by atoms with Crippen molar-refractivity contribution in [2.24, 2.45) is 0 Å².